The zero-order valence-corrected chi connectivity index (χ0v) is 14.5. The number of carbonyl (C=O) groups is 1. The first-order valence-electron chi connectivity index (χ1n) is 8.04. The van der Waals surface area contributed by atoms with Crippen LogP contribution >= 0.6 is 11.6 Å². The molecule has 0 radical (unpaired) electrons. The van der Waals surface area contributed by atoms with Gasteiger partial charge in [-0.25, -0.2) is 0 Å². The fraction of sp³-hybridized carbons (Fsp3) is 0.211. The van der Waals surface area contributed by atoms with Crippen LogP contribution in [-0.4, -0.2) is 16.1 Å². The van der Waals surface area contributed by atoms with Crippen molar-refractivity contribution in [2.75, 3.05) is 0 Å². The number of hydrogen-bond acceptors (Lipinski definition) is 4. The molecule has 1 N–H and O–H groups in total. The van der Waals surface area contributed by atoms with Crippen LogP contribution < -0.4 is 5.32 Å². The number of aromatic nitrogens is 2. The van der Waals surface area contributed by atoms with Gasteiger partial charge >= 0.3 is 0 Å². The average molecular weight is 356 g/mol. The standard InChI is InChI=1S/C19H18ClN3O2/c1-13(15-8-5-9-16(20)12-15)21-17(24)10-11-18-22-23-19(25-18)14-6-3-2-4-7-14/h2-9,12-13H,10-11H2,1H3,(H,21,24). The second kappa shape index (κ2) is 7.94. The lowest BCUT2D eigenvalue weighted by molar-refractivity contribution is -0.121. The number of rotatable bonds is 6. The highest BCUT2D eigenvalue weighted by Crippen LogP contribution is 2.19. The fourth-order valence-electron chi connectivity index (χ4n) is 2.45. The molecular formula is C19H18ClN3O2. The van der Waals surface area contributed by atoms with Gasteiger partial charge in [0.1, 0.15) is 0 Å². The molecule has 2 aromatic carbocycles. The Balaban J connectivity index is 1.53. The lowest BCUT2D eigenvalue weighted by Gasteiger charge is -2.14. The first kappa shape index (κ1) is 17.2. The molecule has 1 aromatic heterocycles. The Bertz CT molecular complexity index is 849. The zero-order valence-electron chi connectivity index (χ0n) is 13.8. The van der Waals surface area contributed by atoms with Gasteiger partial charge in [0, 0.05) is 23.4 Å². The summed E-state index contributed by atoms with van der Waals surface area (Å²) in [5.41, 5.74) is 1.82. The summed E-state index contributed by atoms with van der Waals surface area (Å²) in [7, 11) is 0. The molecule has 3 aromatic rings. The van der Waals surface area contributed by atoms with E-state index >= 15 is 0 Å². The normalized spacial score (nSPS) is 11.9. The molecule has 3 rings (SSSR count). The predicted octanol–water partition coefficient (Wildman–Crippen LogP) is 4.20. The molecule has 25 heavy (non-hydrogen) atoms. The Morgan fingerprint density at radius 2 is 1.96 bits per heavy atom. The Hall–Kier alpha value is -2.66. The van der Waals surface area contributed by atoms with Crippen LogP contribution in [-0.2, 0) is 11.2 Å². The van der Waals surface area contributed by atoms with E-state index in [-0.39, 0.29) is 18.4 Å². The Kier molecular flexibility index (Phi) is 5.46. The van der Waals surface area contributed by atoms with E-state index in [1.807, 2.05) is 55.5 Å². The van der Waals surface area contributed by atoms with E-state index in [0.717, 1.165) is 11.1 Å². The Morgan fingerprint density at radius 1 is 1.16 bits per heavy atom. The average Bonchev–Trinajstić information content (AvgIpc) is 3.10. The smallest absolute Gasteiger partial charge is 0.247 e. The van der Waals surface area contributed by atoms with E-state index in [1.54, 1.807) is 6.07 Å². The van der Waals surface area contributed by atoms with Crippen LogP contribution in [0.2, 0.25) is 5.02 Å². The van der Waals surface area contributed by atoms with Gasteiger partial charge in [0.25, 0.3) is 0 Å². The summed E-state index contributed by atoms with van der Waals surface area (Å²) in [4.78, 5) is 12.1. The molecule has 0 bridgehead atoms. The molecule has 1 unspecified atom stereocenters. The molecule has 6 heteroatoms. The van der Waals surface area contributed by atoms with Crippen LogP contribution in [0.3, 0.4) is 0 Å². The van der Waals surface area contributed by atoms with E-state index in [9.17, 15) is 4.79 Å². The van der Waals surface area contributed by atoms with Crippen LogP contribution in [0.25, 0.3) is 11.5 Å². The third kappa shape index (κ3) is 4.67. The number of amides is 1. The molecule has 0 saturated carbocycles. The van der Waals surface area contributed by atoms with E-state index in [4.69, 9.17) is 16.0 Å². The number of halogens is 1. The number of aryl methyl sites for hydroxylation is 1. The first-order chi connectivity index (χ1) is 12.1. The lowest BCUT2D eigenvalue weighted by atomic mass is 10.1. The van der Waals surface area contributed by atoms with Crippen LogP contribution in [0.4, 0.5) is 0 Å². The van der Waals surface area contributed by atoms with Gasteiger partial charge in [0.15, 0.2) is 0 Å². The molecule has 5 nitrogen and oxygen atoms in total. The molecular weight excluding hydrogens is 338 g/mol. The highest BCUT2D eigenvalue weighted by atomic mass is 35.5. The molecule has 0 aliphatic carbocycles. The summed E-state index contributed by atoms with van der Waals surface area (Å²) in [5.74, 6) is 0.833. The second-order valence-corrected chi connectivity index (χ2v) is 6.15. The fourth-order valence-corrected chi connectivity index (χ4v) is 2.64. The summed E-state index contributed by atoms with van der Waals surface area (Å²) >= 11 is 5.98. The summed E-state index contributed by atoms with van der Waals surface area (Å²) < 4.78 is 5.61. The maximum absolute atomic E-state index is 12.1. The number of nitrogens with zero attached hydrogens (tertiary/aromatic N) is 2. The molecule has 0 aliphatic rings. The summed E-state index contributed by atoms with van der Waals surface area (Å²) in [6, 6.07) is 16.9. The molecule has 1 heterocycles. The van der Waals surface area contributed by atoms with Gasteiger partial charge in [0.2, 0.25) is 17.7 Å². The maximum Gasteiger partial charge on any atom is 0.247 e. The van der Waals surface area contributed by atoms with Crippen molar-refractivity contribution in [3.63, 3.8) is 0 Å². The summed E-state index contributed by atoms with van der Waals surface area (Å²) in [6.07, 6.45) is 0.676. The van der Waals surface area contributed by atoms with Crippen molar-refractivity contribution in [2.24, 2.45) is 0 Å². The number of hydrogen-bond donors (Lipinski definition) is 1. The van der Waals surface area contributed by atoms with Crippen molar-refractivity contribution < 1.29 is 9.21 Å². The van der Waals surface area contributed by atoms with Crippen molar-refractivity contribution in [1.82, 2.24) is 15.5 Å². The monoisotopic (exact) mass is 355 g/mol. The first-order valence-corrected chi connectivity index (χ1v) is 8.42. The van der Waals surface area contributed by atoms with Crippen molar-refractivity contribution in [1.29, 1.82) is 0 Å². The highest BCUT2D eigenvalue weighted by Gasteiger charge is 2.13. The Labute approximate surface area is 151 Å². The summed E-state index contributed by atoms with van der Waals surface area (Å²) in [6.45, 7) is 1.92. The molecule has 0 fully saturated rings. The Morgan fingerprint density at radius 3 is 2.72 bits per heavy atom. The van der Waals surface area contributed by atoms with Crippen molar-refractivity contribution in [3.05, 3.63) is 71.1 Å². The third-order valence-corrected chi connectivity index (χ3v) is 4.01. The van der Waals surface area contributed by atoms with Crippen molar-refractivity contribution in [2.45, 2.75) is 25.8 Å². The quantitative estimate of drug-likeness (QED) is 0.719. The van der Waals surface area contributed by atoms with E-state index in [0.29, 0.717) is 23.2 Å². The van der Waals surface area contributed by atoms with Crippen LogP contribution in [0.5, 0.6) is 0 Å². The van der Waals surface area contributed by atoms with Gasteiger partial charge in [-0.2, -0.15) is 0 Å². The SMILES string of the molecule is CC(NC(=O)CCc1nnc(-c2ccccc2)o1)c1cccc(Cl)c1. The predicted molar refractivity (Wildman–Crippen MR) is 96.1 cm³/mol. The largest absolute Gasteiger partial charge is 0.421 e. The minimum Gasteiger partial charge on any atom is -0.421 e. The number of benzene rings is 2. The molecule has 0 spiro atoms. The zero-order chi connectivity index (χ0) is 17.6. The molecule has 0 saturated heterocycles. The third-order valence-electron chi connectivity index (χ3n) is 3.78. The molecule has 128 valence electrons. The molecule has 1 amide bonds. The topological polar surface area (TPSA) is 68.0 Å². The molecule has 0 aliphatic heterocycles. The minimum atomic E-state index is -0.117. The van der Waals surface area contributed by atoms with Gasteiger partial charge in [-0.15, -0.1) is 10.2 Å². The van der Waals surface area contributed by atoms with Crippen molar-refractivity contribution >= 4 is 17.5 Å². The van der Waals surface area contributed by atoms with Crippen LogP contribution in [0.15, 0.2) is 59.0 Å². The van der Waals surface area contributed by atoms with Gasteiger partial charge in [0.05, 0.1) is 6.04 Å². The number of nitrogens with one attached hydrogen (secondary N) is 1. The van der Waals surface area contributed by atoms with E-state index in [1.165, 1.54) is 0 Å². The van der Waals surface area contributed by atoms with Gasteiger partial charge < -0.3 is 9.73 Å². The number of carbonyl (C=O) groups excluding carboxylic acids is 1. The minimum absolute atomic E-state index is 0.0769. The van der Waals surface area contributed by atoms with Gasteiger partial charge in [-0.05, 0) is 36.8 Å². The summed E-state index contributed by atoms with van der Waals surface area (Å²) in [5, 5.41) is 11.6. The maximum atomic E-state index is 12.1. The lowest BCUT2D eigenvalue weighted by Crippen LogP contribution is -2.26. The van der Waals surface area contributed by atoms with E-state index < -0.39 is 0 Å². The van der Waals surface area contributed by atoms with Crippen molar-refractivity contribution in [3.8, 4) is 11.5 Å². The van der Waals surface area contributed by atoms with Gasteiger partial charge in [-0.3, -0.25) is 4.79 Å². The van der Waals surface area contributed by atoms with Gasteiger partial charge in [-0.1, -0.05) is 41.9 Å². The van der Waals surface area contributed by atoms with E-state index in [2.05, 4.69) is 15.5 Å². The highest BCUT2D eigenvalue weighted by molar-refractivity contribution is 6.30. The second-order valence-electron chi connectivity index (χ2n) is 5.71. The molecule has 1 atom stereocenters. The van der Waals surface area contributed by atoms with Crippen LogP contribution in [0.1, 0.15) is 30.8 Å². The van der Waals surface area contributed by atoms with Crippen LogP contribution in [0, 0.1) is 0 Å².